The van der Waals surface area contributed by atoms with E-state index in [0.29, 0.717) is 26.1 Å². The second kappa shape index (κ2) is 6.15. The van der Waals surface area contributed by atoms with Crippen LogP contribution in [0.5, 0.6) is 0 Å². The van der Waals surface area contributed by atoms with Crippen molar-refractivity contribution in [2.75, 3.05) is 19.7 Å². The minimum atomic E-state index is -0.178. The molecule has 4 nitrogen and oxygen atoms in total. The van der Waals surface area contributed by atoms with E-state index in [4.69, 9.17) is 4.74 Å². The highest BCUT2D eigenvalue weighted by atomic mass is 16.5. The number of hydrogen-bond acceptors (Lipinski definition) is 3. The van der Waals surface area contributed by atoms with Gasteiger partial charge in [-0.15, -0.1) is 0 Å². The van der Waals surface area contributed by atoms with Crippen molar-refractivity contribution in [2.45, 2.75) is 38.7 Å². The topological polar surface area (TPSA) is 42.4 Å². The smallest absolute Gasteiger partial charge is 0.223 e. The molecule has 1 aliphatic heterocycles. The van der Waals surface area contributed by atoms with Gasteiger partial charge >= 0.3 is 0 Å². The molecule has 4 heteroatoms. The summed E-state index contributed by atoms with van der Waals surface area (Å²) in [4.78, 5) is 18.2. The molecule has 104 valence electrons. The summed E-state index contributed by atoms with van der Waals surface area (Å²) in [5.74, 6) is 0.215. The molecule has 1 aromatic rings. The summed E-state index contributed by atoms with van der Waals surface area (Å²) in [5.41, 5.74) is 0.935. The standard InChI is InChI=1S/C15H22N2O2/c1-3-15(2)12-17(9-10-19-15)14(18)7-6-13-5-4-8-16-11-13/h4-5,8,11H,3,6-7,9-10,12H2,1-2H3. The second-order valence-corrected chi connectivity index (χ2v) is 5.33. The van der Waals surface area contributed by atoms with Crippen LogP contribution in [0.25, 0.3) is 0 Å². The number of aryl methyl sites for hydroxylation is 1. The van der Waals surface area contributed by atoms with Gasteiger partial charge in [-0.3, -0.25) is 9.78 Å². The average molecular weight is 262 g/mol. The maximum absolute atomic E-state index is 12.2. The zero-order chi connectivity index (χ0) is 13.7. The lowest BCUT2D eigenvalue weighted by Crippen LogP contribution is -2.51. The van der Waals surface area contributed by atoms with Crippen LogP contribution in [0.15, 0.2) is 24.5 Å². The van der Waals surface area contributed by atoms with Gasteiger partial charge in [0.15, 0.2) is 0 Å². The van der Waals surface area contributed by atoms with Crippen molar-refractivity contribution in [1.82, 2.24) is 9.88 Å². The third-order valence-electron chi connectivity index (χ3n) is 3.79. The first-order valence-electron chi connectivity index (χ1n) is 6.93. The van der Waals surface area contributed by atoms with Crippen LogP contribution < -0.4 is 0 Å². The number of aromatic nitrogens is 1. The van der Waals surface area contributed by atoms with Gasteiger partial charge < -0.3 is 9.64 Å². The van der Waals surface area contributed by atoms with Crippen molar-refractivity contribution in [3.8, 4) is 0 Å². The number of pyridine rings is 1. The SMILES string of the molecule is CCC1(C)CN(C(=O)CCc2cccnc2)CCO1. The van der Waals surface area contributed by atoms with Gasteiger partial charge in [-0.25, -0.2) is 0 Å². The quantitative estimate of drug-likeness (QED) is 0.834. The van der Waals surface area contributed by atoms with Gasteiger partial charge in [0, 0.05) is 31.9 Å². The first-order valence-corrected chi connectivity index (χ1v) is 6.93. The van der Waals surface area contributed by atoms with Crippen LogP contribution in [-0.2, 0) is 16.0 Å². The number of ether oxygens (including phenoxy) is 1. The highest BCUT2D eigenvalue weighted by Crippen LogP contribution is 2.21. The molecule has 1 fully saturated rings. The monoisotopic (exact) mass is 262 g/mol. The molecule has 0 radical (unpaired) electrons. The number of morpholine rings is 1. The molecule has 0 N–H and O–H groups in total. The molecule has 1 unspecified atom stereocenters. The lowest BCUT2D eigenvalue weighted by atomic mass is 10.0. The third-order valence-corrected chi connectivity index (χ3v) is 3.79. The summed E-state index contributed by atoms with van der Waals surface area (Å²) in [6.07, 6.45) is 5.81. The van der Waals surface area contributed by atoms with Crippen molar-refractivity contribution in [3.63, 3.8) is 0 Å². The predicted molar refractivity (Wildman–Crippen MR) is 73.8 cm³/mol. The summed E-state index contributed by atoms with van der Waals surface area (Å²) < 4.78 is 5.75. The average Bonchev–Trinajstić information content (AvgIpc) is 2.46. The lowest BCUT2D eigenvalue weighted by molar-refractivity contribution is -0.148. The van der Waals surface area contributed by atoms with Gasteiger partial charge in [0.2, 0.25) is 5.91 Å². The summed E-state index contributed by atoms with van der Waals surface area (Å²) in [6, 6.07) is 3.92. The molecule has 1 saturated heterocycles. The molecular formula is C15H22N2O2. The number of amides is 1. The number of carbonyl (C=O) groups excluding carboxylic acids is 1. The fourth-order valence-corrected chi connectivity index (χ4v) is 2.31. The van der Waals surface area contributed by atoms with Crippen molar-refractivity contribution >= 4 is 5.91 Å². The Morgan fingerprint density at radius 1 is 1.58 bits per heavy atom. The summed E-state index contributed by atoms with van der Waals surface area (Å²) >= 11 is 0. The molecule has 1 aromatic heterocycles. The molecule has 1 aliphatic rings. The Labute approximate surface area is 114 Å². The van der Waals surface area contributed by atoms with Gasteiger partial charge in [-0.2, -0.15) is 0 Å². The van der Waals surface area contributed by atoms with Crippen LogP contribution in [-0.4, -0.2) is 41.1 Å². The Morgan fingerprint density at radius 3 is 3.11 bits per heavy atom. The van der Waals surface area contributed by atoms with Crippen molar-refractivity contribution < 1.29 is 9.53 Å². The van der Waals surface area contributed by atoms with E-state index in [1.165, 1.54) is 0 Å². The molecule has 19 heavy (non-hydrogen) atoms. The van der Waals surface area contributed by atoms with Crippen LogP contribution >= 0.6 is 0 Å². The molecule has 2 rings (SSSR count). The van der Waals surface area contributed by atoms with Gasteiger partial charge in [-0.05, 0) is 31.4 Å². The van der Waals surface area contributed by atoms with Crippen LogP contribution in [0.4, 0.5) is 0 Å². The zero-order valence-electron chi connectivity index (χ0n) is 11.8. The van der Waals surface area contributed by atoms with Gasteiger partial charge in [0.25, 0.3) is 0 Å². The first-order chi connectivity index (χ1) is 9.13. The largest absolute Gasteiger partial charge is 0.372 e. The number of carbonyl (C=O) groups is 1. The van der Waals surface area contributed by atoms with Crippen molar-refractivity contribution in [2.24, 2.45) is 0 Å². The van der Waals surface area contributed by atoms with Gasteiger partial charge in [-0.1, -0.05) is 13.0 Å². The molecule has 0 spiro atoms. The molecule has 0 aromatic carbocycles. The summed E-state index contributed by atoms with van der Waals surface area (Å²) in [6.45, 7) is 6.23. The molecule has 1 atom stereocenters. The van der Waals surface area contributed by atoms with E-state index in [-0.39, 0.29) is 11.5 Å². The van der Waals surface area contributed by atoms with Crippen LogP contribution in [0.2, 0.25) is 0 Å². The van der Waals surface area contributed by atoms with Crippen LogP contribution in [0.1, 0.15) is 32.3 Å². The van der Waals surface area contributed by atoms with Gasteiger partial charge in [0.1, 0.15) is 0 Å². The van der Waals surface area contributed by atoms with E-state index in [1.54, 1.807) is 6.20 Å². The summed E-state index contributed by atoms with van der Waals surface area (Å²) in [7, 11) is 0. The van der Waals surface area contributed by atoms with Crippen LogP contribution in [0, 0.1) is 0 Å². The lowest BCUT2D eigenvalue weighted by Gasteiger charge is -2.40. The maximum Gasteiger partial charge on any atom is 0.223 e. The minimum absolute atomic E-state index is 0.178. The minimum Gasteiger partial charge on any atom is -0.372 e. The Balaban J connectivity index is 1.86. The van der Waals surface area contributed by atoms with Crippen molar-refractivity contribution in [3.05, 3.63) is 30.1 Å². The highest BCUT2D eigenvalue weighted by molar-refractivity contribution is 5.76. The highest BCUT2D eigenvalue weighted by Gasteiger charge is 2.32. The van der Waals surface area contributed by atoms with E-state index >= 15 is 0 Å². The number of hydrogen-bond donors (Lipinski definition) is 0. The van der Waals surface area contributed by atoms with E-state index in [0.717, 1.165) is 18.4 Å². The van der Waals surface area contributed by atoms with Crippen LogP contribution in [0.3, 0.4) is 0 Å². The molecular weight excluding hydrogens is 240 g/mol. The normalized spacial score (nSPS) is 23.4. The molecule has 1 amide bonds. The van der Waals surface area contributed by atoms with E-state index in [1.807, 2.05) is 23.2 Å². The van der Waals surface area contributed by atoms with Gasteiger partial charge in [0.05, 0.1) is 12.2 Å². The first kappa shape index (κ1) is 14.0. The zero-order valence-corrected chi connectivity index (χ0v) is 11.8. The Morgan fingerprint density at radius 2 is 2.42 bits per heavy atom. The molecule has 0 bridgehead atoms. The molecule has 2 heterocycles. The van der Waals surface area contributed by atoms with E-state index in [2.05, 4.69) is 18.8 Å². The predicted octanol–water partition coefficient (Wildman–Crippen LogP) is 2.04. The number of nitrogens with zero attached hydrogens (tertiary/aromatic N) is 2. The molecule has 0 saturated carbocycles. The second-order valence-electron chi connectivity index (χ2n) is 5.33. The maximum atomic E-state index is 12.2. The Hall–Kier alpha value is -1.42. The Bertz CT molecular complexity index is 421. The third kappa shape index (κ3) is 3.77. The van der Waals surface area contributed by atoms with Crippen molar-refractivity contribution in [1.29, 1.82) is 0 Å². The Kier molecular flexibility index (Phi) is 4.53. The fourth-order valence-electron chi connectivity index (χ4n) is 2.31. The summed E-state index contributed by atoms with van der Waals surface area (Å²) in [5, 5.41) is 0. The molecule has 0 aliphatic carbocycles. The van der Waals surface area contributed by atoms with E-state index in [9.17, 15) is 4.79 Å². The number of rotatable bonds is 4. The van der Waals surface area contributed by atoms with E-state index < -0.39 is 0 Å². The fraction of sp³-hybridized carbons (Fsp3) is 0.600.